The summed E-state index contributed by atoms with van der Waals surface area (Å²) in [4.78, 5) is 17.9. The molecule has 1 saturated heterocycles. The highest BCUT2D eigenvalue weighted by atomic mass is 16.5. The molecular formula is C17H23N5O. The van der Waals surface area contributed by atoms with Gasteiger partial charge in [-0.05, 0) is 33.3 Å². The number of aromatic nitrogens is 4. The number of hydrogen-bond donors (Lipinski definition) is 1. The van der Waals surface area contributed by atoms with Crippen molar-refractivity contribution >= 4 is 5.82 Å². The maximum Gasteiger partial charge on any atom is 0.130 e. The van der Waals surface area contributed by atoms with Crippen molar-refractivity contribution < 1.29 is 4.74 Å². The molecule has 122 valence electrons. The van der Waals surface area contributed by atoms with Gasteiger partial charge in [0, 0.05) is 42.9 Å². The summed E-state index contributed by atoms with van der Waals surface area (Å²) in [5, 5.41) is 3.36. The summed E-state index contributed by atoms with van der Waals surface area (Å²) in [6, 6.07) is 4.02. The summed E-state index contributed by atoms with van der Waals surface area (Å²) in [6.07, 6.45) is 1.81. The molecule has 0 spiro atoms. The van der Waals surface area contributed by atoms with E-state index in [4.69, 9.17) is 4.74 Å². The van der Waals surface area contributed by atoms with Crippen LogP contribution in [-0.2, 0) is 11.2 Å². The van der Waals surface area contributed by atoms with Crippen molar-refractivity contribution in [3.63, 3.8) is 0 Å². The molecule has 3 heterocycles. The third-order valence-electron chi connectivity index (χ3n) is 3.89. The van der Waals surface area contributed by atoms with Crippen molar-refractivity contribution in [3.05, 3.63) is 40.9 Å². The van der Waals surface area contributed by atoms with Crippen LogP contribution < -0.4 is 5.32 Å². The topological polar surface area (TPSA) is 72.8 Å². The van der Waals surface area contributed by atoms with Crippen molar-refractivity contribution in [2.75, 3.05) is 25.1 Å². The number of hydrogen-bond acceptors (Lipinski definition) is 6. The second-order valence-corrected chi connectivity index (χ2v) is 6.03. The first-order valence-corrected chi connectivity index (χ1v) is 8.08. The van der Waals surface area contributed by atoms with Crippen LogP contribution in [0.5, 0.6) is 0 Å². The molecule has 1 atom stereocenters. The van der Waals surface area contributed by atoms with Gasteiger partial charge in [-0.3, -0.25) is 0 Å². The highest BCUT2D eigenvalue weighted by Crippen LogP contribution is 2.24. The number of anilines is 1. The predicted octanol–water partition coefficient (Wildman–Crippen LogP) is 2.35. The minimum Gasteiger partial charge on any atom is -0.381 e. The molecule has 0 bridgehead atoms. The van der Waals surface area contributed by atoms with Crippen molar-refractivity contribution in [1.29, 1.82) is 0 Å². The van der Waals surface area contributed by atoms with E-state index in [-0.39, 0.29) is 0 Å². The molecule has 23 heavy (non-hydrogen) atoms. The molecule has 0 aromatic carbocycles. The van der Waals surface area contributed by atoms with E-state index in [1.165, 1.54) is 0 Å². The molecule has 3 rings (SSSR count). The molecule has 1 aliphatic heterocycles. The van der Waals surface area contributed by atoms with Crippen LogP contribution in [0.25, 0.3) is 0 Å². The van der Waals surface area contributed by atoms with Crippen LogP contribution in [-0.4, -0.2) is 39.7 Å². The first-order valence-electron chi connectivity index (χ1n) is 8.08. The van der Waals surface area contributed by atoms with E-state index in [1.807, 2.05) is 32.9 Å². The van der Waals surface area contributed by atoms with Crippen LogP contribution in [0.2, 0.25) is 0 Å². The summed E-state index contributed by atoms with van der Waals surface area (Å²) < 4.78 is 5.46. The third-order valence-corrected chi connectivity index (χ3v) is 3.89. The number of nitrogens with one attached hydrogen (secondary N) is 1. The molecule has 6 heteroatoms. The van der Waals surface area contributed by atoms with Gasteiger partial charge in [0.1, 0.15) is 17.5 Å². The molecule has 0 amide bonds. The van der Waals surface area contributed by atoms with Gasteiger partial charge >= 0.3 is 0 Å². The summed E-state index contributed by atoms with van der Waals surface area (Å²) in [7, 11) is 0. The maximum atomic E-state index is 5.46. The number of rotatable bonds is 5. The Hall–Kier alpha value is -2.08. The Morgan fingerprint density at radius 1 is 1.09 bits per heavy atom. The zero-order chi connectivity index (χ0) is 16.2. The standard InChI is InChI=1S/C17H23N5O/c1-11-8-12(2)20-16(19-11)4-6-18-17-9-15(21-13(3)22-17)14-5-7-23-10-14/h8-9,14H,4-7,10H2,1-3H3,(H,18,21,22)/t14-/m0/s1. The molecular weight excluding hydrogens is 290 g/mol. The Kier molecular flexibility index (Phi) is 4.81. The largest absolute Gasteiger partial charge is 0.381 e. The fourth-order valence-electron chi connectivity index (χ4n) is 2.87. The van der Waals surface area contributed by atoms with E-state index in [2.05, 4.69) is 25.3 Å². The summed E-state index contributed by atoms with van der Waals surface area (Å²) in [5.41, 5.74) is 3.09. The molecule has 0 aliphatic carbocycles. The van der Waals surface area contributed by atoms with Crippen molar-refractivity contribution in [1.82, 2.24) is 19.9 Å². The SMILES string of the molecule is Cc1cc(C)nc(CCNc2cc([C@H]3CCOC3)nc(C)n2)n1. The maximum absolute atomic E-state index is 5.46. The highest BCUT2D eigenvalue weighted by Gasteiger charge is 2.20. The van der Waals surface area contributed by atoms with E-state index < -0.39 is 0 Å². The molecule has 1 fully saturated rings. The fraction of sp³-hybridized carbons (Fsp3) is 0.529. The van der Waals surface area contributed by atoms with Gasteiger partial charge in [0.05, 0.1) is 12.3 Å². The zero-order valence-electron chi connectivity index (χ0n) is 14.0. The lowest BCUT2D eigenvalue weighted by atomic mass is 10.0. The second-order valence-electron chi connectivity index (χ2n) is 6.03. The Morgan fingerprint density at radius 2 is 1.87 bits per heavy atom. The Bertz CT molecular complexity index is 662. The van der Waals surface area contributed by atoms with E-state index in [0.717, 1.165) is 67.1 Å². The smallest absolute Gasteiger partial charge is 0.130 e. The summed E-state index contributed by atoms with van der Waals surface area (Å²) in [6.45, 7) is 8.25. The highest BCUT2D eigenvalue weighted by molar-refractivity contribution is 5.37. The lowest BCUT2D eigenvalue weighted by molar-refractivity contribution is 0.193. The van der Waals surface area contributed by atoms with E-state index >= 15 is 0 Å². The van der Waals surface area contributed by atoms with E-state index in [1.54, 1.807) is 0 Å². The lowest BCUT2D eigenvalue weighted by Gasteiger charge is -2.11. The first kappa shape index (κ1) is 15.8. The fourth-order valence-corrected chi connectivity index (χ4v) is 2.87. The monoisotopic (exact) mass is 313 g/mol. The van der Waals surface area contributed by atoms with Gasteiger partial charge in [-0.1, -0.05) is 0 Å². The molecule has 1 aliphatic rings. The zero-order valence-corrected chi connectivity index (χ0v) is 14.0. The Labute approximate surface area is 136 Å². The van der Waals surface area contributed by atoms with Crippen molar-refractivity contribution in [2.45, 2.75) is 39.5 Å². The van der Waals surface area contributed by atoms with Crippen molar-refractivity contribution in [3.8, 4) is 0 Å². The van der Waals surface area contributed by atoms with Crippen LogP contribution >= 0.6 is 0 Å². The van der Waals surface area contributed by atoms with Gasteiger partial charge in [0.2, 0.25) is 0 Å². The third kappa shape index (κ3) is 4.22. The van der Waals surface area contributed by atoms with Crippen LogP contribution in [0.1, 0.15) is 41.1 Å². The molecule has 2 aromatic rings. The average Bonchev–Trinajstić information content (AvgIpc) is 3.00. The van der Waals surface area contributed by atoms with Crippen molar-refractivity contribution in [2.24, 2.45) is 0 Å². The quantitative estimate of drug-likeness (QED) is 0.913. The molecule has 0 unspecified atom stereocenters. The van der Waals surface area contributed by atoms with Crippen LogP contribution in [0.3, 0.4) is 0 Å². The Morgan fingerprint density at radius 3 is 2.57 bits per heavy atom. The summed E-state index contributed by atoms with van der Waals surface area (Å²) >= 11 is 0. The van der Waals surface area contributed by atoms with Gasteiger partial charge in [0.25, 0.3) is 0 Å². The van der Waals surface area contributed by atoms with Crippen LogP contribution in [0.4, 0.5) is 5.82 Å². The van der Waals surface area contributed by atoms with Gasteiger partial charge < -0.3 is 10.1 Å². The minimum atomic E-state index is 0.389. The molecule has 0 radical (unpaired) electrons. The lowest BCUT2D eigenvalue weighted by Crippen LogP contribution is -2.12. The van der Waals surface area contributed by atoms with Crippen LogP contribution in [0, 0.1) is 20.8 Å². The molecule has 1 N–H and O–H groups in total. The van der Waals surface area contributed by atoms with Gasteiger partial charge in [-0.15, -0.1) is 0 Å². The summed E-state index contributed by atoms with van der Waals surface area (Å²) in [5.74, 6) is 2.91. The van der Waals surface area contributed by atoms with E-state index in [9.17, 15) is 0 Å². The predicted molar refractivity (Wildman–Crippen MR) is 88.6 cm³/mol. The van der Waals surface area contributed by atoms with Gasteiger partial charge in [0.15, 0.2) is 0 Å². The van der Waals surface area contributed by atoms with Crippen LogP contribution in [0.15, 0.2) is 12.1 Å². The molecule has 6 nitrogen and oxygen atoms in total. The number of aryl methyl sites for hydroxylation is 3. The number of ether oxygens (including phenoxy) is 1. The first-order chi connectivity index (χ1) is 11.1. The van der Waals surface area contributed by atoms with E-state index in [0.29, 0.717) is 5.92 Å². The molecule has 2 aromatic heterocycles. The molecule has 0 saturated carbocycles. The minimum absolute atomic E-state index is 0.389. The average molecular weight is 313 g/mol. The normalized spacial score (nSPS) is 17.4. The second kappa shape index (κ2) is 7.00. The Balaban J connectivity index is 1.63. The van der Waals surface area contributed by atoms with Gasteiger partial charge in [-0.2, -0.15) is 0 Å². The number of nitrogens with zero attached hydrogens (tertiary/aromatic N) is 4. The van der Waals surface area contributed by atoms with Gasteiger partial charge in [-0.25, -0.2) is 19.9 Å².